The maximum absolute atomic E-state index is 11.9. The topological polar surface area (TPSA) is 69.7 Å². The quantitative estimate of drug-likeness (QED) is 0.871. The molecule has 0 aliphatic carbocycles. The van der Waals surface area contributed by atoms with Crippen LogP contribution >= 0.6 is 11.6 Å². The van der Waals surface area contributed by atoms with E-state index in [4.69, 9.17) is 25.8 Å². The van der Waals surface area contributed by atoms with Gasteiger partial charge in [-0.2, -0.15) is 0 Å². The second-order valence-corrected chi connectivity index (χ2v) is 5.06. The number of nitrogens with one attached hydrogen (secondary N) is 1. The van der Waals surface area contributed by atoms with Gasteiger partial charge in [0, 0.05) is 12.1 Å². The third-order valence-electron chi connectivity index (χ3n) is 3.09. The number of nitrogens with zero attached hydrogens (tertiary/aromatic N) is 1. The van der Waals surface area contributed by atoms with Gasteiger partial charge in [0.15, 0.2) is 11.5 Å². The summed E-state index contributed by atoms with van der Waals surface area (Å²) in [4.78, 5) is 15.9. The van der Waals surface area contributed by atoms with E-state index in [0.29, 0.717) is 28.1 Å². The average Bonchev–Trinajstić information content (AvgIpc) is 3.03. The lowest BCUT2D eigenvalue weighted by Crippen LogP contribution is -2.07. The first-order valence-corrected chi connectivity index (χ1v) is 7.12. The van der Waals surface area contributed by atoms with Crippen molar-refractivity contribution in [1.29, 1.82) is 0 Å². The first kappa shape index (κ1) is 15.2. The summed E-state index contributed by atoms with van der Waals surface area (Å²) in [5, 5.41) is 3.14. The molecule has 0 saturated carbocycles. The van der Waals surface area contributed by atoms with Crippen molar-refractivity contribution >= 4 is 29.3 Å². The maximum Gasteiger partial charge on any atom is 0.248 e. The normalized spacial score (nSPS) is 12.4. The van der Waals surface area contributed by atoms with E-state index in [1.165, 1.54) is 19.4 Å². The lowest BCUT2D eigenvalue weighted by Gasteiger charge is -2.03. The fraction of sp³-hybridized carbons (Fsp3) is 0.125. The number of ether oxygens (including phenoxy) is 3. The fourth-order valence-electron chi connectivity index (χ4n) is 2.01. The summed E-state index contributed by atoms with van der Waals surface area (Å²) in [6, 6.07) is 6.83. The number of halogens is 1. The molecule has 0 radical (unpaired) electrons. The number of anilines is 1. The molecule has 0 atom stereocenters. The van der Waals surface area contributed by atoms with Crippen molar-refractivity contribution in [2.75, 3.05) is 19.2 Å². The Bertz CT molecular complexity index is 759. The van der Waals surface area contributed by atoms with Crippen molar-refractivity contribution < 1.29 is 19.0 Å². The highest BCUT2D eigenvalue weighted by molar-refractivity contribution is 6.32. The number of carbonyl (C=O) groups is 1. The van der Waals surface area contributed by atoms with Crippen LogP contribution in [0.4, 0.5) is 5.69 Å². The van der Waals surface area contributed by atoms with Crippen molar-refractivity contribution in [2.45, 2.75) is 0 Å². The molecule has 2 aromatic rings. The molecule has 0 fully saturated rings. The molecule has 0 unspecified atom stereocenters. The molecule has 2 heterocycles. The van der Waals surface area contributed by atoms with E-state index in [1.807, 2.05) is 0 Å². The lowest BCUT2D eigenvalue weighted by molar-refractivity contribution is -0.111. The van der Waals surface area contributed by atoms with Crippen LogP contribution < -0.4 is 19.5 Å². The molecule has 3 rings (SSSR count). The SMILES string of the molecule is COc1ccc(NC(=O)/C=C/c2cc(Cl)c3c(c2)OCO3)cn1. The predicted molar refractivity (Wildman–Crippen MR) is 86.0 cm³/mol. The van der Waals surface area contributed by atoms with Gasteiger partial charge in [0.2, 0.25) is 18.6 Å². The molecule has 1 aliphatic heterocycles. The molecular formula is C16H13ClN2O4. The molecule has 1 amide bonds. The minimum Gasteiger partial charge on any atom is -0.481 e. The summed E-state index contributed by atoms with van der Waals surface area (Å²) in [5.74, 6) is 1.29. The van der Waals surface area contributed by atoms with Crippen LogP contribution in [0, 0.1) is 0 Å². The van der Waals surface area contributed by atoms with Crippen molar-refractivity contribution in [1.82, 2.24) is 4.98 Å². The third kappa shape index (κ3) is 3.54. The molecular weight excluding hydrogens is 320 g/mol. The van der Waals surface area contributed by atoms with Crippen molar-refractivity contribution in [3.63, 3.8) is 0 Å². The smallest absolute Gasteiger partial charge is 0.248 e. The van der Waals surface area contributed by atoms with E-state index < -0.39 is 0 Å². The average molecular weight is 333 g/mol. The Kier molecular flexibility index (Phi) is 4.34. The Morgan fingerprint density at radius 2 is 2.26 bits per heavy atom. The summed E-state index contributed by atoms with van der Waals surface area (Å²) in [6.07, 6.45) is 4.56. The molecule has 1 N–H and O–H groups in total. The summed E-state index contributed by atoms with van der Waals surface area (Å²) in [6.45, 7) is 0.146. The van der Waals surface area contributed by atoms with Gasteiger partial charge in [-0.3, -0.25) is 4.79 Å². The molecule has 0 saturated heterocycles. The van der Waals surface area contributed by atoms with Crippen LogP contribution in [0.15, 0.2) is 36.5 Å². The first-order valence-electron chi connectivity index (χ1n) is 6.74. The Hall–Kier alpha value is -2.73. The maximum atomic E-state index is 11.9. The van der Waals surface area contributed by atoms with Crippen molar-refractivity contribution in [2.24, 2.45) is 0 Å². The molecule has 118 valence electrons. The van der Waals surface area contributed by atoms with E-state index in [0.717, 1.165) is 5.56 Å². The fourth-order valence-corrected chi connectivity index (χ4v) is 2.29. The minimum absolute atomic E-state index is 0.146. The highest BCUT2D eigenvalue weighted by atomic mass is 35.5. The summed E-state index contributed by atoms with van der Waals surface area (Å²) < 4.78 is 15.5. The number of carbonyl (C=O) groups excluding carboxylic acids is 1. The zero-order valence-electron chi connectivity index (χ0n) is 12.2. The summed E-state index contributed by atoms with van der Waals surface area (Å²) >= 11 is 6.09. The van der Waals surface area contributed by atoms with Gasteiger partial charge in [-0.15, -0.1) is 0 Å². The van der Waals surface area contributed by atoms with E-state index in [-0.39, 0.29) is 12.7 Å². The zero-order valence-corrected chi connectivity index (χ0v) is 13.0. The van der Waals surface area contributed by atoms with Gasteiger partial charge in [0.1, 0.15) is 0 Å². The molecule has 0 spiro atoms. The van der Waals surface area contributed by atoms with Crippen LogP contribution in [-0.4, -0.2) is 24.8 Å². The van der Waals surface area contributed by atoms with E-state index in [1.54, 1.807) is 30.3 Å². The standard InChI is InChI=1S/C16H13ClN2O4/c1-21-15-5-3-11(8-18-15)19-14(20)4-2-10-6-12(17)16-13(7-10)22-9-23-16/h2-8H,9H2,1H3,(H,19,20)/b4-2+. The molecule has 0 bridgehead atoms. The van der Waals surface area contributed by atoms with Crippen LogP contribution in [0.3, 0.4) is 0 Å². The Morgan fingerprint density at radius 3 is 3.00 bits per heavy atom. The number of aromatic nitrogens is 1. The highest BCUT2D eigenvalue weighted by Crippen LogP contribution is 2.40. The number of hydrogen-bond donors (Lipinski definition) is 1. The largest absolute Gasteiger partial charge is 0.481 e. The van der Waals surface area contributed by atoms with Crippen LogP contribution in [0.1, 0.15) is 5.56 Å². The van der Waals surface area contributed by atoms with Gasteiger partial charge in [0.05, 0.1) is 24.0 Å². The van der Waals surface area contributed by atoms with Gasteiger partial charge < -0.3 is 19.5 Å². The monoisotopic (exact) mass is 332 g/mol. The van der Waals surface area contributed by atoms with Gasteiger partial charge in [0.25, 0.3) is 0 Å². The molecule has 6 nitrogen and oxygen atoms in total. The molecule has 1 aromatic carbocycles. The Balaban J connectivity index is 1.67. The lowest BCUT2D eigenvalue weighted by atomic mass is 10.2. The van der Waals surface area contributed by atoms with Gasteiger partial charge in [-0.25, -0.2) is 4.98 Å². The Labute approximate surface area is 137 Å². The molecule has 7 heteroatoms. The number of pyridine rings is 1. The third-order valence-corrected chi connectivity index (χ3v) is 3.37. The zero-order chi connectivity index (χ0) is 16.2. The molecule has 1 aliphatic rings. The van der Waals surface area contributed by atoms with Crippen LogP contribution in [0.2, 0.25) is 5.02 Å². The number of hydrogen-bond acceptors (Lipinski definition) is 5. The van der Waals surface area contributed by atoms with E-state index in [2.05, 4.69) is 10.3 Å². The predicted octanol–water partition coefficient (Wildman–Crippen LogP) is 3.12. The summed E-state index contributed by atoms with van der Waals surface area (Å²) in [7, 11) is 1.53. The van der Waals surface area contributed by atoms with Crippen LogP contribution in [0.25, 0.3) is 6.08 Å². The van der Waals surface area contributed by atoms with Gasteiger partial charge in [-0.1, -0.05) is 11.6 Å². The van der Waals surface area contributed by atoms with Crippen molar-refractivity contribution in [3.05, 3.63) is 47.1 Å². The van der Waals surface area contributed by atoms with Crippen molar-refractivity contribution in [3.8, 4) is 17.4 Å². The van der Waals surface area contributed by atoms with Crippen LogP contribution in [-0.2, 0) is 4.79 Å². The minimum atomic E-state index is -0.286. The number of rotatable bonds is 4. The molecule has 23 heavy (non-hydrogen) atoms. The van der Waals surface area contributed by atoms with Crippen LogP contribution in [0.5, 0.6) is 17.4 Å². The van der Waals surface area contributed by atoms with Gasteiger partial charge in [-0.05, 0) is 29.8 Å². The number of amides is 1. The second-order valence-electron chi connectivity index (χ2n) is 4.65. The van der Waals surface area contributed by atoms with E-state index in [9.17, 15) is 4.79 Å². The molecule has 1 aromatic heterocycles. The van der Waals surface area contributed by atoms with E-state index >= 15 is 0 Å². The number of benzene rings is 1. The number of methoxy groups -OCH3 is 1. The second kappa shape index (κ2) is 6.58. The highest BCUT2D eigenvalue weighted by Gasteiger charge is 2.17. The summed E-state index contributed by atoms with van der Waals surface area (Å²) in [5.41, 5.74) is 1.31. The Morgan fingerprint density at radius 1 is 1.39 bits per heavy atom. The number of fused-ring (bicyclic) bond motifs is 1. The van der Waals surface area contributed by atoms with Gasteiger partial charge >= 0.3 is 0 Å². The first-order chi connectivity index (χ1) is 11.2.